The summed E-state index contributed by atoms with van der Waals surface area (Å²) in [6.07, 6.45) is -2.99. The van der Waals surface area contributed by atoms with Gasteiger partial charge in [-0.3, -0.25) is 10.00 Å². The van der Waals surface area contributed by atoms with E-state index in [0.29, 0.717) is 48.5 Å². The van der Waals surface area contributed by atoms with Crippen molar-refractivity contribution < 1.29 is 31.8 Å². The Labute approximate surface area is 273 Å². The van der Waals surface area contributed by atoms with Crippen molar-refractivity contribution in [2.75, 3.05) is 37.7 Å². The van der Waals surface area contributed by atoms with Gasteiger partial charge in [0.1, 0.15) is 17.2 Å². The molecule has 2 aromatic carbocycles. The number of nitrogens with zero attached hydrogens (tertiary/aromatic N) is 6. The number of para-hydroxylation sites is 1. The molecule has 0 unspecified atom stereocenters. The molecule has 248 valence electrons. The maximum atomic E-state index is 14.9. The molecule has 0 bridgehead atoms. The Bertz CT molecular complexity index is 1780. The molecule has 0 radical (unpaired) electrons. The number of likely N-dealkylation sites (tertiary alicyclic amines) is 1. The maximum Gasteiger partial charge on any atom is 0.451 e. The molecule has 2 saturated heterocycles. The van der Waals surface area contributed by atoms with Gasteiger partial charge in [0.15, 0.2) is 11.5 Å². The molecule has 5 heterocycles. The minimum Gasteiger partial charge on any atom is -0.444 e. The van der Waals surface area contributed by atoms with Crippen molar-refractivity contribution in [1.82, 2.24) is 30.3 Å². The number of H-pyrrole nitrogens is 1. The van der Waals surface area contributed by atoms with E-state index in [2.05, 4.69) is 30.1 Å². The summed E-state index contributed by atoms with van der Waals surface area (Å²) in [5.74, 6) is -1.82. The van der Waals surface area contributed by atoms with Gasteiger partial charge in [0.25, 0.3) is 5.79 Å². The van der Waals surface area contributed by atoms with Crippen LogP contribution in [0, 0.1) is 5.82 Å². The number of aromatic amines is 1. The third-order valence-corrected chi connectivity index (χ3v) is 9.17. The number of aromatic nitrogens is 5. The van der Waals surface area contributed by atoms with Gasteiger partial charge in [-0.2, -0.15) is 23.4 Å². The molecule has 0 spiro atoms. The minimum absolute atomic E-state index is 0.0255. The lowest BCUT2D eigenvalue weighted by Gasteiger charge is -2.37. The smallest absolute Gasteiger partial charge is 0.444 e. The largest absolute Gasteiger partial charge is 0.451 e. The van der Waals surface area contributed by atoms with Gasteiger partial charge in [-0.1, -0.05) is 23.7 Å². The van der Waals surface area contributed by atoms with Crippen LogP contribution in [0.15, 0.2) is 42.5 Å². The van der Waals surface area contributed by atoms with E-state index in [0.717, 1.165) is 37.2 Å². The van der Waals surface area contributed by atoms with E-state index >= 15 is 0 Å². The van der Waals surface area contributed by atoms with Crippen LogP contribution in [0.4, 0.5) is 23.2 Å². The highest BCUT2D eigenvalue weighted by Crippen LogP contribution is 2.50. The zero-order valence-electron chi connectivity index (χ0n) is 25.7. The van der Waals surface area contributed by atoms with E-state index < -0.39 is 23.6 Å². The van der Waals surface area contributed by atoms with Gasteiger partial charge in [-0.15, -0.1) is 5.10 Å². The second-order valence-corrected chi connectivity index (χ2v) is 12.6. The van der Waals surface area contributed by atoms with Crippen LogP contribution < -0.4 is 14.4 Å². The van der Waals surface area contributed by atoms with E-state index in [4.69, 9.17) is 25.8 Å². The van der Waals surface area contributed by atoms with Crippen molar-refractivity contribution in [3.63, 3.8) is 0 Å². The summed E-state index contributed by atoms with van der Waals surface area (Å²) in [4.78, 5) is 8.04. The van der Waals surface area contributed by atoms with Crippen LogP contribution in [-0.2, 0) is 23.2 Å². The lowest BCUT2D eigenvalue weighted by Crippen LogP contribution is -2.44. The maximum absolute atomic E-state index is 14.9. The zero-order valence-corrected chi connectivity index (χ0v) is 26.4. The Morgan fingerprint density at radius 1 is 1.06 bits per heavy atom. The van der Waals surface area contributed by atoms with Crippen LogP contribution in [0.5, 0.6) is 11.5 Å². The minimum atomic E-state index is -4.65. The highest BCUT2D eigenvalue weighted by atomic mass is 35.5. The van der Waals surface area contributed by atoms with Gasteiger partial charge < -0.3 is 19.1 Å². The fourth-order valence-corrected chi connectivity index (χ4v) is 6.68. The SMILES string of the molecule is C[C@@H]1COCCN1c1cc(-c2n[nH]c(C(F)(F)F)n2)nnc1CN1CCC(c2cccc3c2O[C@](C)(c2ccc(Cl)cc2F)O3)CC1. The van der Waals surface area contributed by atoms with Crippen molar-refractivity contribution in [2.24, 2.45) is 0 Å². The van der Waals surface area contributed by atoms with E-state index in [1.807, 2.05) is 30.2 Å². The zero-order chi connectivity index (χ0) is 32.9. The van der Waals surface area contributed by atoms with Gasteiger partial charge in [0.2, 0.25) is 11.6 Å². The summed E-state index contributed by atoms with van der Waals surface area (Å²) in [6.45, 7) is 7.37. The Morgan fingerprint density at radius 2 is 1.87 bits per heavy atom. The third kappa shape index (κ3) is 6.21. The molecular formula is C32H32ClF4N7O3. The average molecular weight is 674 g/mol. The standard InChI is InChI=1S/C32H32ClF4N7O3/c1-18-17-45-13-12-44(18)26-15-24(29-38-30(42-41-29)32(35,36)37)39-40-25(26)16-43-10-8-19(9-11-43)21-4-3-5-27-28(21)47-31(2,46-27)22-7-6-20(33)14-23(22)34/h3-7,14-15,18-19H,8-13,16-17H2,1-2H3,(H,38,41,42)/t18-,31-/m1/s1. The normalized spacial score (nSPS) is 22.2. The van der Waals surface area contributed by atoms with Crippen molar-refractivity contribution in [3.05, 3.63) is 75.9 Å². The predicted octanol–water partition coefficient (Wildman–Crippen LogP) is 6.32. The Morgan fingerprint density at radius 3 is 2.60 bits per heavy atom. The number of hydrogen-bond donors (Lipinski definition) is 1. The average Bonchev–Trinajstić information content (AvgIpc) is 3.67. The molecular weight excluding hydrogens is 642 g/mol. The quantitative estimate of drug-likeness (QED) is 0.236. The second kappa shape index (κ2) is 12.2. The van der Waals surface area contributed by atoms with Crippen molar-refractivity contribution >= 4 is 17.3 Å². The van der Waals surface area contributed by atoms with Gasteiger partial charge in [0, 0.05) is 36.6 Å². The first-order valence-electron chi connectivity index (χ1n) is 15.4. The number of alkyl halides is 3. The summed E-state index contributed by atoms with van der Waals surface area (Å²) in [5, 5.41) is 14.7. The summed E-state index contributed by atoms with van der Waals surface area (Å²) < 4.78 is 72.5. The first-order chi connectivity index (χ1) is 22.5. The Balaban J connectivity index is 1.08. The summed E-state index contributed by atoms with van der Waals surface area (Å²) in [5.41, 5.74) is 2.91. The molecule has 2 aromatic heterocycles. The number of fused-ring (bicyclic) bond motifs is 1. The number of hydrogen-bond acceptors (Lipinski definition) is 9. The summed E-state index contributed by atoms with van der Waals surface area (Å²) in [6, 6.07) is 11.9. The van der Waals surface area contributed by atoms with Crippen LogP contribution in [-0.4, -0.2) is 69.2 Å². The van der Waals surface area contributed by atoms with E-state index in [1.165, 1.54) is 6.07 Å². The molecule has 4 aromatic rings. The van der Waals surface area contributed by atoms with Crippen molar-refractivity contribution in [1.29, 1.82) is 0 Å². The number of piperidine rings is 1. The molecule has 0 amide bonds. The first kappa shape index (κ1) is 31.6. The van der Waals surface area contributed by atoms with E-state index in [1.54, 1.807) is 25.1 Å². The van der Waals surface area contributed by atoms with E-state index in [9.17, 15) is 17.6 Å². The number of rotatable bonds is 6. The lowest BCUT2D eigenvalue weighted by atomic mass is 9.88. The first-order valence-corrected chi connectivity index (χ1v) is 15.8. The number of ether oxygens (including phenoxy) is 3. The summed E-state index contributed by atoms with van der Waals surface area (Å²) >= 11 is 5.97. The molecule has 3 aliphatic rings. The molecule has 1 N–H and O–H groups in total. The van der Waals surface area contributed by atoms with Crippen LogP contribution in [0.1, 0.15) is 55.3 Å². The van der Waals surface area contributed by atoms with Gasteiger partial charge in [-0.25, -0.2) is 9.37 Å². The van der Waals surface area contributed by atoms with Gasteiger partial charge in [-0.05, 0) is 69.1 Å². The topological polar surface area (TPSA) is 102 Å². The number of nitrogens with one attached hydrogen (secondary N) is 1. The number of anilines is 1. The van der Waals surface area contributed by atoms with Crippen LogP contribution in [0.25, 0.3) is 11.5 Å². The molecule has 0 aliphatic carbocycles. The van der Waals surface area contributed by atoms with Gasteiger partial charge in [0.05, 0.1) is 24.5 Å². The molecule has 15 heteroatoms. The Hall–Kier alpha value is -4.01. The molecule has 0 saturated carbocycles. The number of benzene rings is 2. The Kier molecular flexibility index (Phi) is 8.21. The molecule has 3 aliphatic heterocycles. The molecule has 7 rings (SSSR count). The highest BCUT2D eigenvalue weighted by Gasteiger charge is 2.43. The van der Waals surface area contributed by atoms with Crippen molar-refractivity contribution in [3.8, 4) is 23.0 Å². The lowest BCUT2D eigenvalue weighted by molar-refractivity contribution is -0.144. The molecule has 47 heavy (non-hydrogen) atoms. The third-order valence-electron chi connectivity index (χ3n) is 8.94. The van der Waals surface area contributed by atoms with Crippen LogP contribution in [0.3, 0.4) is 0 Å². The monoisotopic (exact) mass is 673 g/mol. The highest BCUT2D eigenvalue weighted by molar-refractivity contribution is 6.30. The summed E-state index contributed by atoms with van der Waals surface area (Å²) in [7, 11) is 0. The van der Waals surface area contributed by atoms with Gasteiger partial charge >= 0.3 is 6.18 Å². The number of morpholine rings is 1. The van der Waals surface area contributed by atoms with Crippen LogP contribution in [0.2, 0.25) is 5.02 Å². The number of halogens is 5. The second-order valence-electron chi connectivity index (χ2n) is 12.2. The molecule has 10 nitrogen and oxygen atoms in total. The fourth-order valence-electron chi connectivity index (χ4n) is 6.52. The van der Waals surface area contributed by atoms with Crippen molar-refractivity contribution in [2.45, 2.75) is 57.2 Å². The molecule has 2 atom stereocenters. The van der Waals surface area contributed by atoms with E-state index in [-0.39, 0.29) is 29.0 Å². The molecule has 2 fully saturated rings. The van der Waals surface area contributed by atoms with Crippen LogP contribution >= 0.6 is 11.6 Å². The fraction of sp³-hybridized carbons (Fsp3) is 0.438. The predicted molar refractivity (Wildman–Crippen MR) is 164 cm³/mol.